The number of aromatic amines is 1. The van der Waals surface area contributed by atoms with Gasteiger partial charge >= 0.3 is 0 Å². The monoisotopic (exact) mass is 240 g/mol. The highest BCUT2D eigenvalue weighted by atomic mass is 79.9. The molecule has 0 aliphatic carbocycles. The highest BCUT2D eigenvalue weighted by Crippen LogP contribution is 2.19. The molecule has 0 spiro atoms. The number of fused-ring (bicyclic) bond motifs is 1. The summed E-state index contributed by atoms with van der Waals surface area (Å²) in [6, 6.07) is 1.66. The molecular formula is C7H5BrN4O. The third-order valence-electron chi connectivity index (χ3n) is 1.60. The first-order valence-electron chi connectivity index (χ1n) is 3.48. The Labute approximate surface area is 81.1 Å². The van der Waals surface area contributed by atoms with Crippen molar-refractivity contribution in [1.29, 1.82) is 0 Å². The van der Waals surface area contributed by atoms with Gasteiger partial charge in [-0.25, -0.2) is 9.97 Å². The summed E-state index contributed by atoms with van der Waals surface area (Å²) in [5.41, 5.74) is 6.00. The first kappa shape index (κ1) is 8.18. The van der Waals surface area contributed by atoms with Crippen LogP contribution < -0.4 is 11.3 Å². The average Bonchev–Trinajstić information content (AvgIpc) is 2.09. The van der Waals surface area contributed by atoms with E-state index >= 15 is 0 Å². The maximum Gasteiger partial charge on any atom is 0.277 e. The topological polar surface area (TPSA) is 84.7 Å². The number of H-pyrrole nitrogens is 1. The lowest BCUT2D eigenvalue weighted by molar-refractivity contribution is 1.15. The van der Waals surface area contributed by atoms with Crippen LogP contribution in [-0.2, 0) is 0 Å². The SMILES string of the molecule is Nc1nc2c(=O)[nH]cnc2cc1Br. The molecule has 5 nitrogen and oxygen atoms in total. The molecule has 2 aromatic heterocycles. The van der Waals surface area contributed by atoms with Gasteiger partial charge in [-0.15, -0.1) is 0 Å². The number of hydrogen-bond acceptors (Lipinski definition) is 4. The molecule has 0 radical (unpaired) electrons. The highest BCUT2D eigenvalue weighted by Gasteiger charge is 2.04. The van der Waals surface area contributed by atoms with E-state index in [4.69, 9.17) is 5.73 Å². The molecule has 13 heavy (non-hydrogen) atoms. The number of aromatic nitrogens is 3. The average molecular weight is 241 g/mol. The van der Waals surface area contributed by atoms with Crippen LogP contribution in [0.4, 0.5) is 5.82 Å². The van der Waals surface area contributed by atoms with Gasteiger partial charge in [-0.2, -0.15) is 0 Å². The Morgan fingerprint density at radius 3 is 3.08 bits per heavy atom. The highest BCUT2D eigenvalue weighted by molar-refractivity contribution is 9.10. The summed E-state index contributed by atoms with van der Waals surface area (Å²) in [6.45, 7) is 0. The molecular weight excluding hydrogens is 236 g/mol. The standard InChI is InChI=1S/C7H5BrN4O/c8-3-1-4-5(12-6(3)9)7(13)11-2-10-4/h1-2H,(H2,9,12)(H,10,11,13). The van der Waals surface area contributed by atoms with Gasteiger partial charge in [-0.05, 0) is 22.0 Å². The van der Waals surface area contributed by atoms with Crippen molar-refractivity contribution in [1.82, 2.24) is 15.0 Å². The Hall–Kier alpha value is -1.43. The molecule has 0 aliphatic rings. The van der Waals surface area contributed by atoms with Crippen LogP contribution in [0.3, 0.4) is 0 Å². The summed E-state index contributed by atoms with van der Waals surface area (Å²) in [5.74, 6) is 0.283. The smallest absolute Gasteiger partial charge is 0.277 e. The Bertz CT molecular complexity index is 521. The quantitative estimate of drug-likeness (QED) is 0.709. The number of nitrogen functional groups attached to an aromatic ring is 1. The molecule has 0 unspecified atom stereocenters. The van der Waals surface area contributed by atoms with Crippen molar-refractivity contribution in [2.75, 3.05) is 5.73 Å². The minimum absolute atomic E-state index is 0.253. The van der Waals surface area contributed by atoms with E-state index < -0.39 is 0 Å². The molecule has 2 aromatic rings. The summed E-state index contributed by atoms with van der Waals surface area (Å²) in [7, 11) is 0. The molecule has 0 bridgehead atoms. The van der Waals surface area contributed by atoms with Crippen LogP contribution in [0.15, 0.2) is 21.7 Å². The molecule has 2 rings (SSSR count). The Balaban J connectivity index is 2.97. The molecule has 6 heteroatoms. The van der Waals surface area contributed by atoms with Crippen molar-refractivity contribution in [3.05, 3.63) is 27.2 Å². The summed E-state index contributed by atoms with van der Waals surface area (Å²) < 4.78 is 0.637. The number of pyridine rings is 1. The summed E-state index contributed by atoms with van der Waals surface area (Å²) in [6.07, 6.45) is 1.33. The van der Waals surface area contributed by atoms with Gasteiger partial charge in [0.05, 0.1) is 16.3 Å². The lowest BCUT2D eigenvalue weighted by atomic mass is 10.3. The number of nitrogens with zero attached hydrogens (tertiary/aromatic N) is 2. The fourth-order valence-corrected chi connectivity index (χ4v) is 1.29. The summed E-state index contributed by atoms with van der Waals surface area (Å²) in [5, 5.41) is 0. The van der Waals surface area contributed by atoms with Crippen molar-refractivity contribution in [2.24, 2.45) is 0 Å². The van der Waals surface area contributed by atoms with E-state index in [1.807, 2.05) is 0 Å². The zero-order valence-electron chi connectivity index (χ0n) is 6.41. The minimum atomic E-state index is -0.288. The fraction of sp³-hybridized carbons (Fsp3) is 0. The maximum absolute atomic E-state index is 11.2. The molecule has 0 amide bonds. The molecule has 66 valence electrons. The molecule has 2 heterocycles. The fourth-order valence-electron chi connectivity index (χ4n) is 0.988. The molecule has 0 fully saturated rings. The zero-order chi connectivity index (χ0) is 9.42. The van der Waals surface area contributed by atoms with Crippen LogP contribution in [0, 0.1) is 0 Å². The van der Waals surface area contributed by atoms with Gasteiger partial charge in [-0.3, -0.25) is 4.79 Å². The van der Waals surface area contributed by atoms with Crippen molar-refractivity contribution in [2.45, 2.75) is 0 Å². The van der Waals surface area contributed by atoms with E-state index in [9.17, 15) is 4.79 Å². The van der Waals surface area contributed by atoms with Crippen molar-refractivity contribution < 1.29 is 0 Å². The number of hydrogen-bond donors (Lipinski definition) is 2. The molecule has 0 aromatic carbocycles. The lowest BCUT2D eigenvalue weighted by Gasteiger charge is -1.98. The third-order valence-corrected chi connectivity index (χ3v) is 2.23. The van der Waals surface area contributed by atoms with Crippen LogP contribution in [0.5, 0.6) is 0 Å². The van der Waals surface area contributed by atoms with Gasteiger partial charge < -0.3 is 10.7 Å². The maximum atomic E-state index is 11.2. The van der Waals surface area contributed by atoms with Gasteiger partial charge in [0.2, 0.25) is 0 Å². The van der Waals surface area contributed by atoms with Crippen LogP contribution >= 0.6 is 15.9 Å². The van der Waals surface area contributed by atoms with E-state index in [1.54, 1.807) is 6.07 Å². The van der Waals surface area contributed by atoms with E-state index in [0.29, 0.717) is 9.99 Å². The Morgan fingerprint density at radius 2 is 2.31 bits per heavy atom. The molecule has 0 saturated heterocycles. The Morgan fingerprint density at radius 1 is 1.54 bits per heavy atom. The number of nitrogens with one attached hydrogen (secondary N) is 1. The van der Waals surface area contributed by atoms with Gasteiger partial charge in [0.1, 0.15) is 5.82 Å². The van der Waals surface area contributed by atoms with Crippen LogP contribution in [0.2, 0.25) is 0 Å². The first-order valence-corrected chi connectivity index (χ1v) is 4.27. The van der Waals surface area contributed by atoms with Crippen LogP contribution in [0.1, 0.15) is 0 Å². The number of nitrogens with two attached hydrogens (primary N) is 1. The first-order chi connectivity index (χ1) is 6.18. The molecule has 0 saturated carbocycles. The van der Waals surface area contributed by atoms with E-state index in [0.717, 1.165) is 0 Å². The van der Waals surface area contributed by atoms with Gasteiger partial charge in [0, 0.05) is 0 Å². The Kier molecular flexibility index (Phi) is 1.77. The van der Waals surface area contributed by atoms with Crippen molar-refractivity contribution in [3.8, 4) is 0 Å². The lowest BCUT2D eigenvalue weighted by Crippen LogP contribution is -2.09. The van der Waals surface area contributed by atoms with Gasteiger partial charge in [-0.1, -0.05) is 0 Å². The summed E-state index contributed by atoms with van der Waals surface area (Å²) >= 11 is 3.20. The second-order valence-electron chi connectivity index (χ2n) is 2.45. The third kappa shape index (κ3) is 1.29. The second-order valence-corrected chi connectivity index (χ2v) is 3.31. The number of halogens is 1. The molecule has 3 N–H and O–H groups in total. The van der Waals surface area contributed by atoms with Gasteiger partial charge in [0.15, 0.2) is 5.52 Å². The number of rotatable bonds is 0. The minimum Gasteiger partial charge on any atom is -0.383 e. The van der Waals surface area contributed by atoms with E-state index in [2.05, 4.69) is 30.9 Å². The molecule has 0 atom stereocenters. The number of anilines is 1. The zero-order valence-corrected chi connectivity index (χ0v) is 8.00. The molecule has 0 aliphatic heterocycles. The van der Waals surface area contributed by atoms with Crippen molar-refractivity contribution >= 4 is 32.8 Å². The van der Waals surface area contributed by atoms with Crippen molar-refractivity contribution in [3.63, 3.8) is 0 Å². The second kappa shape index (κ2) is 2.81. The van der Waals surface area contributed by atoms with E-state index in [1.165, 1.54) is 6.33 Å². The van der Waals surface area contributed by atoms with E-state index in [-0.39, 0.29) is 16.9 Å². The normalized spacial score (nSPS) is 10.5. The predicted molar refractivity (Wildman–Crippen MR) is 52.3 cm³/mol. The van der Waals surface area contributed by atoms with Crippen LogP contribution in [0.25, 0.3) is 11.0 Å². The largest absolute Gasteiger partial charge is 0.383 e. The predicted octanol–water partition coefficient (Wildman–Crippen LogP) is 0.663. The van der Waals surface area contributed by atoms with Crippen LogP contribution in [-0.4, -0.2) is 15.0 Å². The van der Waals surface area contributed by atoms with Gasteiger partial charge in [0.25, 0.3) is 5.56 Å². The summed E-state index contributed by atoms with van der Waals surface area (Å²) in [4.78, 5) is 21.5.